The third-order valence-electron chi connectivity index (χ3n) is 22.3. The Labute approximate surface area is 612 Å². The molecule has 8 unspecified atom stereocenters. The molecule has 3 aliphatic carbocycles. The second-order valence-electron chi connectivity index (χ2n) is 29.9. The lowest BCUT2D eigenvalue weighted by Gasteiger charge is -2.45. The van der Waals surface area contributed by atoms with E-state index in [2.05, 4.69) is 16.0 Å². The van der Waals surface area contributed by atoms with Crippen molar-refractivity contribution in [1.82, 2.24) is 60.0 Å². The molecule has 25 nitrogen and oxygen atoms in total. The molecule has 2 aliphatic heterocycles. The molecule has 9 atom stereocenters. The SMILES string of the molecule is CCOCCN1CC(=O)NC2(CCC(c3ccc(C(F)(F)F)c(Cl)c3)C2CC)C(=O)N(C)C(C2CCCCC2)C(=O)N(C)C(C(=O)N2CCCCC2)CC(=O)N(C)C(CC(C)C)C(=O)NC([C@@H](C)CC)C(=O)N(C)CC(=O)N(C)CC(=O)N(C)C(CC2CCCCC2)C(=O)N(C)CC(=O)NCC1=O. The van der Waals surface area contributed by atoms with Gasteiger partial charge in [0, 0.05) is 75.6 Å². The maximum absolute atomic E-state index is 16.4. The third kappa shape index (κ3) is 22.0. The molecule has 103 heavy (non-hydrogen) atoms. The van der Waals surface area contributed by atoms with Gasteiger partial charge in [0.05, 0.1) is 56.3 Å². The number of benzene rings is 1. The van der Waals surface area contributed by atoms with Crippen LogP contribution in [0.15, 0.2) is 18.2 Å². The number of halogens is 4. The number of nitrogens with one attached hydrogen (secondary N) is 3. The number of hydrogen-bond acceptors (Lipinski definition) is 13. The summed E-state index contributed by atoms with van der Waals surface area (Å²) < 4.78 is 48.4. The first-order valence-corrected chi connectivity index (χ1v) is 37.7. The molecule has 3 saturated carbocycles. The van der Waals surface area contributed by atoms with Gasteiger partial charge in [-0.25, -0.2) is 0 Å². The summed E-state index contributed by atoms with van der Waals surface area (Å²) in [6.45, 7) is 8.51. The number of nitrogens with zero attached hydrogens (tertiary/aromatic N) is 9. The number of ether oxygens (including phenoxy) is 1. The van der Waals surface area contributed by atoms with Crippen molar-refractivity contribution in [1.29, 1.82) is 0 Å². The summed E-state index contributed by atoms with van der Waals surface area (Å²) in [6.07, 6.45) is 5.20. The fraction of sp³-hybridized carbons (Fsp3) is 0.757. The molecule has 5 fully saturated rings. The van der Waals surface area contributed by atoms with Crippen molar-refractivity contribution in [3.05, 3.63) is 34.3 Å². The molecule has 3 N–H and O–H groups in total. The number of hydrogen-bond donors (Lipinski definition) is 3. The van der Waals surface area contributed by atoms with E-state index in [1.54, 1.807) is 25.7 Å². The number of likely N-dealkylation sites (N-methyl/N-ethyl adjacent to an activating group) is 7. The number of carbonyl (C=O) groups is 12. The number of amides is 12. The number of rotatable bonds is 14. The van der Waals surface area contributed by atoms with Gasteiger partial charge in [0.15, 0.2) is 0 Å². The highest BCUT2D eigenvalue weighted by molar-refractivity contribution is 6.31. The van der Waals surface area contributed by atoms with Gasteiger partial charge < -0.3 is 64.8 Å². The van der Waals surface area contributed by atoms with Gasteiger partial charge in [0.25, 0.3) is 0 Å². The molecule has 5 aliphatic rings. The topological polar surface area (TPSA) is 279 Å². The Bertz CT molecular complexity index is 3150. The summed E-state index contributed by atoms with van der Waals surface area (Å²) in [5.74, 6) is -10.9. The molecule has 0 bridgehead atoms. The number of likely N-dealkylation sites (tertiary alicyclic amines) is 1. The Hall–Kier alpha value is -7.10. The molecule has 12 amide bonds. The highest BCUT2D eigenvalue weighted by atomic mass is 35.5. The van der Waals surface area contributed by atoms with Crippen LogP contribution in [0.5, 0.6) is 0 Å². The Morgan fingerprint density at radius 2 is 1.26 bits per heavy atom. The lowest BCUT2D eigenvalue weighted by atomic mass is 9.76. The van der Waals surface area contributed by atoms with E-state index < -0.39 is 186 Å². The van der Waals surface area contributed by atoms with Gasteiger partial charge in [-0.3, -0.25) is 57.5 Å². The highest BCUT2D eigenvalue weighted by Gasteiger charge is 2.57. The van der Waals surface area contributed by atoms with E-state index in [1.807, 2.05) is 20.8 Å². The van der Waals surface area contributed by atoms with Crippen LogP contribution in [0.25, 0.3) is 0 Å². The molecular formula is C74H116ClF3N12O13. The van der Waals surface area contributed by atoms with Crippen LogP contribution in [-0.4, -0.2) is 266 Å². The standard InChI is InChI=1S/C74H116ClF3N12O13/c1-14-48(6)65-70(100)84(9)45-63(95)82(7)46-64(96)86(11)57(39-49-26-20-17-21-27-49)68(98)83(8)43-59(91)79-42-62(94)90(36-37-103-16-3)44-60(92)81-73(33-32-52(53(73)15-2)51-30-31-54(55(75)40-51)74(76,77)78)72(102)88(13)66(50-28-22-18-23-29-50)71(101)87(12)58(69(99)89-34-24-19-25-35-89)41-61(93)85(10)56(38-47(4)5)67(97)80-65/h30-31,40,47-50,52-53,56-58,65-66H,14-29,32-39,41-46H2,1-13H3,(H,79,91)(H,80,97)(H,81,92)/t48-,52?,53?,56?,57?,58?,65?,66?,73?/m0/s1. The third-order valence-corrected chi connectivity index (χ3v) is 22.6. The second-order valence-corrected chi connectivity index (χ2v) is 30.3. The van der Waals surface area contributed by atoms with Gasteiger partial charge >= 0.3 is 6.18 Å². The van der Waals surface area contributed by atoms with E-state index >= 15 is 24.0 Å². The van der Waals surface area contributed by atoms with Gasteiger partial charge in [-0.05, 0) is 124 Å². The first-order valence-electron chi connectivity index (χ1n) is 37.3. The summed E-state index contributed by atoms with van der Waals surface area (Å²) in [4.78, 5) is 190. The maximum atomic E-state index is 16.4. The highest BCUT2D eigenvalue weighted by Crippen LogP contribution is 2.51. The first-order chi connectivity index (χ1) is 48.6. The number of alkyl halides is 3. The van der Waals surface area contributed by atoms with Gasteiger partial charge in [0.1, 0.15) is 35.7 Å². The van der Waals surface area contributed by atoms with Crippen LogP contribution in [0.1, 0.15) is 187 Å². The largest absolute Gasteiger partial charge is 0.417 e. The van der Waals surface area contributed by atoms with Crippen molar-refractivity contribution in [2.24, 2.45) is 29.6 Å². The van der Waals surface area contributed by atoms with Crippen molar-refractivity contribution < 1.29 is 75.4 Å². The zero-order valence-corrected chi connectivity index (χ0v) is 63.9. The van der Waals surface area contributed by atoms with E-state index in [-0.39, 0.29) is 63.7 Å². The molecule has 578 valence electrons. The van der Waals surface area contributed by atoms with Gasteiger partial charge in [-0.1, -0.05) is 110 Å². The van der Waals surface area contributed by atoms with E-state index in [9.17, 15) is 46.7 Å². The van der Waals surface area contributed by atoms with Crippen LogP contribution in [0.3, 0.4) is 0 Å². The molecule has 1 aromatic carbocycles. The summed E-state index contributed by atoms with van der Waals surface area (Å²) in [7, 11) is 9.92. The quantitative estimate of drug-likeness (QED) is 0.172. The maximum Gasteiger partial charge on any atom is 0.417 e. The minimum absolute atomic E-state index is 0.0510. The van der Waals surface area contributed by atoms with Crippen molar-refractivity contribution in [3.8, 4) is 0 Å². The number of carbonyl (C=O) groups excluding carboxylic acids is 12. The zero-order chi connectivity index (χ0) is 76.4. The smallest absolute Gasteiger partial charge is 0.380 e. The minimum Gasteiger partial charge on any atom is -0.380 e. The fourth-order valence-corrected chi connectivity index (χ4v) is 16.2. The second kappa shape index (κ2) is 38.8. The van der Waals surface area contributed by atoms with Crippen LogP contribution >= 0.6 is 11.6 Å². The Morgan fingerprint density at radius 1 is 0.660 bits per heavy atom. The van der Waals surface area contributed by atoms with Crippen LogP contribution < -0.4 is 16.0 Å². The molecule has 29 heteroatoms. The van der Waals surface area contributed by atoms with Gasteiger partial charge in [-0.2, -0.15) is 13.2 Å². The van der Waals surface area contributed by atoms with Crippen molar-refractivity contribution >= 4 is 82.5 Å². The molecule has 2 saturated heterocycles. The monoisotopic (exact) mass is 1470 g/mol. The molecular weight excluding hydrogens is 1360 g/mol. The summed E-state index contributed by atoms with van der Waals surface area (Å²) >= 11 is 6.40. The van der Waals surface area contributed by atoms with Gasteiger partial charge in [0.2, 0.25) is 70.9 Å². The van der Waals surface area contributed by atoms with E-state index in [1.165, 1.54) is 81.1 Å². The zero-order valence-electron chi connectivity index (χ0n) is 63.1. The lowest BCUT2D eigenvalue weighted by Crippen LogP contribution is -2.66. The predicted molar refractivity (Wildman–Crippen MR) is 382 cm³/mol. The Kier molecular flexibility index (Phi) is 31.9. The van der Waals surface area contributed by atoms with Gasteiger partial charge in [-0.15, -0.1) is 0 Å². The summed E-state index contributed by atoms with van der Waals surface area (Å²) in [5.41, 5.74) is -2.64. The van der Waals surface area contributed by atoms with Crippen LogP contribution in [-0.2, 0) is 68.4 Å². The molecule has 2 heterocycles. The van der Waals surface area contributed by atoms with Crippen LogP contribution in [0, 0.1) is 29.6 Å². The summed E-state index contributed by atoms with van der Waals surface area (Å²) in [5, 5.41) is 7.95. The normalized spacial score (nSPS) is 26.9. The Morgan fingerprint density at radius 3 is 1.85 bits per heavy atom. The van der Waals surface area contributed by atoms with Crippen LogP contribution in [0.2, 0.25) is 5.02 Å². The molecule has 1 spiro atoms. The predicted octanol–water partition coefficient (Wildman–Crippen LogP) is 6.33. The van der Waals surface area contributed by atoms with E-state index in [0.29, 0.717) is 63.6 Å². The molecule has 0 radical (unpaired) electrons. The van der Waals surface area contributed by atoms with Crippen LogP contribution in [0.4, 0.5) is 13.2 Å². The van der Waals surface area contributed by atoms with Crippen molar-refractivity contribution in [2.45, 2.75) is 218 Å². The number of piperidine rings is 1. The lowest BCUT2D eigenvalue weighted by molar-refractivity contribution is -0.157. The molecule has 0 aromatic heterocycles. The average Bonchev–Trinajstić information content (AvgIpc) is 1.64. The molecule has 6 rings (SSSR count). The summed E-state index contributed by atoms with van der Waals surface area (Å²) in [6, 6.07) is -2.95. The van der Waals surface area contributed by atoms with Crippen molar-refractivity contribution in [2.75, 3.05) is 115 Å². The first kappa shape index (κ1) is 84.8. The minimum atomic E-state index is -4.79. The fourth-order valence-electron chi connectivity index (χ4n) is 15.9. The van der Waals surface area contributed by atoms with E-state index in [4.69, 9.17) is 16.3 Å². The average molecular weight is 1470 g/mol. The van der Waals surface area contributed by atoms with E-state index in [0.717, 1.165) is 70.6 Å². The van der Waals surface area contributed by atoms with Crippen molar-refractivity contribution in [3.63, 3.8) is 0 Å². The Balaban J connectivity index is 1.49. The molecule has 1 aromatic rings.